The zero-order valence-electron chi connectivity index (χ0n) is 7.28. The number of anilines is 2. The third-order valence-corrected chi connectivity index (χ3v) is 2.01. The molecule has 5 heteroatoms. The molecule has 0 radical (unpaired) electrons. The van der Waals surface area contributed by atoms with Gasteiger partial charge in [-0.3, -0.25) is 0 Å². The van der Waals surface area contributed by atoms with E-state index in [9.17, 15) is 0 Å². The zero-order chi connectivity index (χ0) is 9.42. The van der Waals surface area contributed by atoms with Gasteiger partial charge in [-0.25, -0.2) is 9.66 Å². The number of hydrogen-bond acceptors (Lipinski definition) is 4. The lowest BCUT2D eigenvalue weighted by molar-refractivity contribution is 1.04. The Balaban J connectivity index is 2.88. The van der Waals surface area contributed by atoms with Crippen LogP contribution in [0.3, 0.4) is 0 Å². The van der Waals surface area contributed by atoms with Gasteiger partial charge in [0.05, 0.1) is 17.3 Å². The van der Waals surface area contributed by atoms with Gasteiger partial charge in [-0.2, -0.15) is 0 Å². The van der Waals surface area contributed by atoms with Crippen LogP contribution in [0.5, 0.6) is 0 Å². The SMILES string of the molecule is CNc1ccnc2c1c(N)cn2N. The molecule has 68 valence electrons. The number of rotatable bonds is 1. The number of nitrogens with two attached hydrogens (primary N) is 2. The van der Waals surface area contributed by atoms with Crippen LogP contribution in [-0.2, 0) is 0 Å². The molecule has 0 amide bonds. The van der Waals surface area contributed by atoms with Gasteiger partial charge < -0.3 is 16.9 Å². The number of nitrogens with one attached hydrogen (secondary N) is 1. The minimum absolute atomic E-state index is 0.634. The van der Waals surface area contributed by atoms with Crippen molar-refractivity contribution in [3.05, 3.63) is 18.5 Å². The lowest BCUT2D eigenvalue weighted by Gasteiger charge is -2.01. The van der Waals surface area contributed by atoms with E-state index >= 15 is 0 Å². The molecule has 5 N–H and O–H groups in total. The molecule has 2 aromatic heterocycles. The fourth-order valence-corrected chi connectivity index (χ4v) is 1.41. The fourth-order valence-electron chi connectivity index (χ4n) is 1.41. The molecule has 2 heterocycles. The van der Waals surface area contributed by atoms with Crippen LogP contribution in [0.25, 0.3) is 11.0 Å². The van der Waals surface area contributed by atoms with E-state index < -0.39 is 0 Å². The maximum absolute atomic E-state index is 5.77. The molecule has 0 aliphatic rings. The summed E-state index contributed by atoms with van der Waals surface area (Å²) >= 11 is 0. The summed E-state index contributed by atoms with van der Waals surface area (Å²) in [6.45, 7) is 0. The highest BCUT2D eigenvalue weighted by Gasteiger charge is 2.08. The summed E-state index contributed by atoms with van der Waals surface area (Å²) in [6.07, 6.45) is 3.34. The van der Waals surface area contributed by atoms with Gasteiger partial charge in [0.25, 0.3) is 0 Å². The molecule has 13 heavy (non-hydrogen) atoms. The summed E-state index contributed by atoms with van der Waals surface area (Å²) < 4.78 is 1.42. The van der Waals surface area contributed by atoms with E-state index in [1.807, 2.05) is 13.1 Å². The summed E-state index contributed by atoms with van der Waals surface area (Å²) in [6, 6.07) is 1.86. The van der Waals surface area contributed by atoms with Crippen molar-refractivity contribution in [2.75, 3.05) is 23.9 Å². The normalized spacial score (nSPS) is 10.5. The van der Waals surface area contributed by atoms with Gasteiger partial charge in [0.15, 0.2) is 5.65 Å². The third kappa shape index (κ3) is 0.970. The molecule has 0 saturated carbocycles. The van der Waals surface area contributed by atoms with E-state index in [2.05, 4.69) is 10.3 Å². The van der Waals surface area contributed by atoms with Crippen LogP contribution in [0.1, 0.15) is 0 Å². The second kappa shape index (κ2) is 2.55. The minimum atomic E-state index is 0.634. The van der Waals surface area contributed by atoms with Crippen molar-refractivity contribution in [1.29, 1.82) is 0 Å². The molecular formula is C8H11N5. The van der Waals surface area contributed by atoms with Gasteiger partial charge >= 0.3 is 0 Å². The second-order valence-electron chi connectivity index (χ2n) is 2.80. The summed E-state index contributed by atoms with van der Waals surface area (Å²) in [5, 5.41) is 3.90. The van der Waals surface area contributed by atoms with Gasteiger partial charge in [0.1, 0.15) is 0 Å². The van der Waals surface area contributed by atoms with Gasteiger partial charge in [-0.1, -0.05) is 0 Å². The molecule has 0 aliphatic carbocycles. The van der Waals surface area contributed by atoms with E-state index in [0.29, 0.717) is 11.3 Å². The fraction of sp³-hybridized carbons (Fsp3) is 0.125. The van der Waals surface area contributed by atoms with Crippen LogP contribution in [0.15, 0.2) is 18.5 Å². The highest BCUT2D eigenvalue weighted by Crippen LogP contribution is 2.27. The Hall–Kier alpha value is -1.91. The smallest absolute Gasteiger partial charge is 0.162 e. The number of hydrogen-bond donors (Lipinski definition) is 3. The van der Waals surface area contributed by atoms with E-state index in [1.165, 1.54) is 4.68 Å². The molecule has 2 rings (SSSR count). The van der Waals surface area contributed by atoms with Crippen LogP contribution in [0.2, 0.25) is 0 Å². The first kappa shape index (κ1) is 7.72. The summed E-state index contributed by atoms with van der Waals surface area (Å²) in [5.41, 5.74) is 8.03. The van der Waals surface area contributed by atoms with Crippen molar-refractivity contribution < 1.29 is 0 Å². The first-order valence-corrected chi connectivity index (χ1v) is 3.92. The molecule has 0 fully saturated rings. The number of pyridine rings is 1. The summed E-state index contributed by atoms with van der Waals surface area (Å²) in [5.74, 6) is 5.65. The standard InChI is InChI=1S/C8H11N5/c1-11-6-2-3-12-8-7(6)5(9)4-13(8)10/h2-4H,9-10H2,1H3,(H,11,12). The number of fused-ring (bicyclic) bond motifs is 1. The van der Waals surface area contributed by atoms with Crippen molar-refractivity contribution in [3.8, 4) is 0 Å². The van der Waals surface area contributed by atoms with Crippen molar-refractivity contribution >= 4 is 22.4 Å². The molecule has 0 atom stereocenters. The largest absolute Gasteiger partial charge is 0.397 e. The number of aromatic nitrogens is 2. The van der Waals surface area contributed by atoms with Gasteiger partial charge in [0.2, 0.25) is 0 Å². The van der Waals surface area contributed by atoms with E-state index in [0.717, 1.165) is 11.1 Å². The lowest BCUT2D eigenvalue weighted by Crippen LogP contribution is -2.06. The Morgan fingerprint density at radius 1 is 1.54 bits per heavy atom. The van der Waals surface area contributed by atoms with Crippen molar-refractivity contribution in [3.63, 3.8) is 0 Å². The Morgan fingerprint density at radius 2 is 2.31 bits per heavy atom. The quantitative estimate of drug-likeness (QED) is 0.550. The Bertz CT molecular complexity index is 445. The maximum atomic E-state index is 5.77. The number of nitrogen functional groups attached to an aromatic ring is 2. The molecule has 0 saturated heterocycles. The van der Waals surface area contributed by atoms with Gasteiger partial charge in [-0.05, 0) is 6.07 Å². The zero-order valence-corrected chi connectivity index (χ0v) is 7.28. The van der Waals surface area contributed by atoms with Crippen LogP contribution >= 0.6 is 0 Å². The van der Waals surface area contributed by atoms with Gasteiger partial charge in [0, 0.05) is 18.9 Å². The molecule has 0 spiro atoms. The molecule has 2 aromatic rings. The van der Waals surface area contributed by atoms with Crippen LogP contribution in [0.4, 0.5) is 11.4 Å². The molecule has 0 aromatic carbocycles. The third-order valence-electron chi connectivity index (χ3n) is 2.01. The van der Waals surface area contributed by atoms with E-state index in [1.54, 1.807) is 12.4 Å². The predicted octanol–water partition coefficient (Wildman–Crippen LogP) is 0.374. The monoisotopic (exact) mass is 177 g/mol. The van der Waals surface area contributed by atoms with Crippen molar-refractivity contribution in [1.82, 2.24) is 9.66 Å². The Morgan fingerprint density at radius 3 is 3.00 bits per heavy atom. The lowest BCUT2D eigenvalue weighted by atomic mass is 10.2. The van der Waals surface area contributed by atoms with Crippen LogP contribution in [-0.4, -0.2) is 16.7 Å². The topological polar surface area (TPSA) is 81.9 Å². The Kier molecular flexibility index (Phi) is 1.51. The summed E-state index contributed by atoms with van der Waals surface area (Å²) in [4.78, 5) is 4.13. The molecule has 0 aliphatic heterocycles. The van der Waals surface area contributed by atoms with E-state index in [-0.39, 0.29) is 0 Å². The summed E-state index contributed by atoms with van der Waals surface area (Å²) in [7, 11) is 1.84. The van der Waals surface area contributed by atoms with Gasteiger partial charge in [-0.15, -0.1) is 0 Å². The highest BCUT2D eigenvalue weighted by molar-refractivity contribution is 5.99. The van der Waals surface area contributed by atoms with Crippen molar-refractivity contribution in [2.24, 2.45) is 0 Å². The molecular weight excluding hydrogens is 166 g/mol. The molecule has 0 unspecified atom stereocenters. The van der Waals surface area contributed by atoms with Crippen LogP contribution in [0, 0.1) is 0 Å². The average molecular weight is 177 g/mol. The molecule has 0 bridgehead atoms. The highest BCUT2D eigenvalue weighted by atomic mass is 15.3. The first-order valence-electron chi connectivity index (χ1n) is 3.92. The molecule has 5 nitrogen and oxygen atoms in total. The predicted molar refractivity (Wildman–Crippen MR) is 53.8 cm³/mol. The minimum Gasteiger partial charge on any atom is -0.397 e. The van der Waals surface area contributed by atoms with E-state index in [4.69, 9.17) is 11.6 Å². The van der Waals surface area contributed by atoms with Crippen molar-refractivity contribution in [2.45, 2.75) is 0 Å². The average Bonchev–Trinajstić information content (AvgIpc) is 2.43. The Labute approximate surface area is 75.3 Å². The van der Waals surface area contributed by atoms with Crippen LogP contribution < -0.4 is 16.9 Å². The number of nitrogens with zero attached hydrogens (tertiary/aromatic N) is 2. The maximum Gasteiger partial charge on any atom is 0.162 e. The first-order chi connectivity index (χ1) is 6.24. The second-order valence-corrected chi connectivity index (χ2v) is 2.80.